The average Bonchev–Trinajstić information content (AvgIpc) is 2.78. The number of benzene rings is 2. The van der Waals surface area contributed by atoms with Crippen LogP contribution in [0.2, 0.25) is 0 Å². The smallest absolute Gasteiger partial charge is 0.360 e. The van der Waals surface area contributed by atoms with Crippen LogP contribution >= 0.6 is 0 Å². The molecule has 32 heavy (non-hydrogen) atoms. The van der Waals surface area contributed by atoms with Gasteiger partial charge in [0.15, 0.2) is 11.5 Å². The molecular formula is C23H24FN3O5. The third-order valence-corrected chi connectivity index (χ3v) is 4.47. The van der Waals surface area contributed by atoms with E-state index < -0.39 is 17.6 Å². The molecule has 2 aromatic carbocycles. The number of nitrogens with two attached hydrogens (primary N) is 1. The van der Waals surface area contributed by atoms with Gasteiger partial charge < -0.3 is 20.1 Å². The summed E-state index contributed by atoms with van der Waals surface area (Å²) in [6.07, 6.45) is 1.19. The molecule has 0 aromatic heterocycles. The molecule has 0 bridgehead atoms. The van der Waals surface area contributed by atoms with Gasteiger partial charge in [0.2, 0.25) is 0 Å². The Balaban J connectivity index is 2.19. The van der Waals surface area contributed by atoms with E-state index in [1.807, 2.05) is 13.0 Å². The molecule has 168 valence electrons. The van der Waals surface area contributed by atoms with E-state index in [1.54, 1.807) is 19.1 Å². The third kappa shape index (κ3) is 6.24. The number of aryl methyl sites for hydroxylation is 1. The first-order chi connectivity index (χ1) is 15.3. The number of halogens is 1. The summed E-state index contributed by atoms with van der Waals surface area (Å²) in [5.41, 5.74) is 8.53. The van der Waals surface area contributed by atoms with Crippen LogP contribution in [0.4, 0.5) is 4.39 Å². The minimum atomic E-state index is -0.662. The maximum absolute atomic E-state index is 13.0. The summed E-state index contributed by atoms with van der Waals surface area (Å²) < 4.78 is 17.8. The Bertz CT molecular complexity index is 1080. The summed E-state index contributed by atoms with van der Waals surface area (Å²) in [4.78, 5) is 34.5. The summed E-state index contributed by atoms with van der Waals surface area (Å²) in [5.74, 6) is -1.49. The van der Waals surface area contributed by atoms with Gasteiger partial charge in [0.25, 0.3) is 0 Å². The van der Waals surface area contributed by atoms with Crippen molar-refractivity contribution >= 4 is 23.2 Å². The summed E-state index contributed by atoms with van der Waals surface area (Å²) in [6, 6.07) is 10.4. The maximum Gasteiger partial charge on any atom is 0.360 e. The van der Waals surface area contributed by atoms with E-state index in [-0.39, 0.29) is 23.7 Å². The molecule has 0 heterocycles. The Kier molecular flexibility index (Phi) is 8.64. The molecule has 0 aliphatic carbocycles. The van der Waals surface area contributed by atoms with Crippen molar-refractivity contribution < 1.29 is 28.4 Å². The fraction of sp³-hybridized carbons (Fsp3) is 0.217. The van der Waals surface area contributed by atoms with Crippen LogP contribution in [0, 0.1) is 12.7 Å². The quantitative estimate of drug-likeness (QED) is 0.210. The zero-order valence-electron chi connectivity index (χ0n) is 18.2. The average molecular weight is 441 g/mol. The molecule has 0 aliphatic rings. The molecule has 0 radical (unpaired) electrons. The predicted molar refractivity (Wildman–Crippen MR) is 118 cm³/mol. The number of esters is 1. The van der Waals surface area contributed by atoms with Gasteiger partial charge in [0, 0.05) is 22.8 Å². The highest BCUT2D eigenvalue weighted by molar-refractivity contribution is 6.43. The van der Waals surface area contributed by atoms with E-state index in [9.17, 15) is 14.0 Å². The van der Waals surface area contributed by atoms with Gasteiger partial charge >= 0.3 is 5.97 Å². The van der Waals surface area contributed by atoms with Crippen LogP contribution in [-0.2, 0) is 25.8 Å². The van der Waals surface area contributed by atoms with Gasteiger partial charge in [-0.25, -0.2) is 9.18 Å². The first-order valence-electron chi connectivity index (χ1n) is 9.50. The largest absolute Gasteiger partial charge is 0.464 e. The van der Waals surface area contributed by atoms with Crippen LogP contribution < -0.4 is 5.73 Å². The number of nitrogens with zero attached hydrogens (tertiary/aromatic N) is 2. The van der Waals surface area contributed by atoms with Gasteiger partial charge in [0.1, 0.15) is 19.5 Å². The standard InChI is InChI=1S/C23H24FN3O5/c1-14-6-5-7-18(22(27-31-4)23(29)30-3)19(14)13-32-26-15(2)20(25)12-21(28)16-8-10-17(24)11-9-16/h5-12H,13,25H2,1-4H3/b20-12?,26-15+,27-22+. The van der Waals surface area contributed by atoms with E-state index >= 15 is 0 Å². The fourth-order valence-electron chi connectivity index (χ4n) is 2.69. The van der Waals surface area contributed by atoms with Crippen molar-refractivity contribution in [2.24, 2.45) is 16.0 Å². The van der Waals surface area contributed by atoms with Gasteiger partial charge in [0.05, 0.1) is 18.5 Å². The molecule has 0 saturated heterocycles. The van der Waals surface area contributed by atoms with Crippen molar-refractivity contribution in [2.45, 2.75) is 20.5 Å². The number of carbonyl (C=O) groups is 2. The van der Waals surface area contributed by atoms with E-state index in [1.165, 1.54) is 44.6 Å². The highest BCUT2D eigenvalue weighted by atomic mass is 19.1. The molecule has 0 fully saturated rings. The normalized spacial score (nSPS) is 12.3. The molecule has 0 atom stereocenters. The Morgan fingerprint density at radius 3 is 2.41 bits per heavy atom. The van der Waals surface area contributed by atoms with Crippen LogP contribution in [0.3, 0.4) is 0 Å². The van der Waals surface area contributed by atoms with Crippen molar-refractivity contribution in [2.75, 3.05) is 14.2 Å². The second kappa shape index (κ2) is 11.4. The molecule has 2 aromatic rings. The molecule has 0 saturated carbocycles. The number of ketones is 1. The number of rotatable bonds is 9. The number of ether oxygens (including phenoxy) is 1. The zero-order valence-corrected chi connectivity index (χ0v) is 18.2. The molecular weight excluding hydrogens is 417 g/mol. The molecule has 9 heteroatoms. The van der Waals surface area contributed by atoms with Gasteiger partial charge in [-0.2, -0.15) is 0 Å². The third-order valence-electron chi connectivity index (χ3n) is 4.47. The van der Waals surface area contributed by atoms with Gasteiger partial charge in [-0.15, -0.1) is 0 Å². The van der Waals surface area contributed by atoms with E-state index in [2.05, 4.69) is 10.3 Å². The lowest BCUT2D eigenvalue weighted by Gasteiger charge is -2.12. The lowest BCUT2D eigenvalue weighted by atomic mass is 9.99. The first-order valence-corrected chi connectivity index (χ1v) is 9.50. The second-order valence-corrected chi connectivity index (χ2v) is 6.64. The number of methoxy groups -OCH3 is 1. The van der Waals surface area contributed by atoms with Gasteiger partial charge in [-0.1, -0.05) is 28.5 Å². The van der Waals surface area contributed by atoms with Crippen LogP contribution in [0.15, 0.2) is 64.5 Å². The molecule has 2 N–H and O–H groups in total. The SMILES string of the molecule is CO/N=C(/C(=O)OC)c1cccc(C)c1CO/N=C(\C)C(N)=CC(=O)c1ccc(F)cc1. The second-order valence-electron chi connectivity index (χ2n) is 6.64. The number of hydrogen-bond acceptors (Lipinski definition) is 8. The van der Waals surface area contributed by atoms with Crippen molar-refractivity contribution in [3.8, 4) is 0 Å². The monoisotopic (exact) mass is 441 g/mol. The van der Waals surface area contributed by atoms with Crippen LogP contribution in [0.5, 0.6) is 0 Å². The van der Waals surface area contributed by atoms with Crippen molar-refractivity contribution in [1.29, 1.82) is 0 Å². The number of hydrogen-bond donors (Lipinski definition) is 1. The van der Waals surface area contributed by atoms with E-state index in [4.69, 9.17) is 20.1 Å². The summed E-state index contributed by atoms with van der Waals surface area (Å²) >= 11 is 0. The molecule has 8 nitrogen and oxygen atoms in total. The van der Waals surface area contributed by atoms with Crippen LogP contribution in [0.25, 0.3) is 0 Å². The highest BCUT2D eigenvalue weighted by Crippen LogP contribution is 2.18. The number of allylic oxidation sites excluding steroid dienone is 2. The van der Waals surface area contributed by atoms with Crippen molar-refractivity contribution in [3.63, 3.8) is 0 Å². The molecule has 0 unspecified atom stereocenters. The van der Waals surface area contributed by atoms with Crippen molar-refractivity contribution in [1.82, 2.24) is 0 Å². The summed E-state index contributed by atoms with van der Waals surface area (Å²) in [7, 11) is 2.57. The van der Waals surface area contributed by atoms with Gasteiger partial charge in [-0.05, 0) is 43.7 Å². The predicted octanol–water partition coefficient (Wildman–Crippen LogP) is 3.28. The number of oxime groups is 2. The van der Waals surface area contributed by atoms with E-state index in [0.717, 1.165) is 5.56 Å². The lowest BCUT2D eigenvalue weighted by molar-refractivity contribution is -0.132. The minimum Gasteiger partial charge on any atom is -0.464 e. The Morgan fingerprint density at radius 1 is 1.09 bits per heavy atom. The minimum absolute atomic E-state index is 0.00172. The van der Waals surface area contributed by atoms with Crippen LogP contribution in [-0.4, -0.2) is 37.4 Å². The lowest BCUT2D eigenvalue weighted by Crippen LogP contribution is -2.20. The molecule has 0 amide bonds. The first kappa shape index (κ1) is 24.3. The zero-order chi connectivity index (χ0) is 23.7. The molecule has 0 aliphatic heterocycles. The maximum atomic E-state index is 13.0. The summed E-state index contributed by atoms with van der Waals surface area (Å²) in [6.45, 7) is 3.42. The molecule has 2 rings (SSSR count). The van der Waals surface area contributed by atoms with E-state index in [0.29, 0.717) is 16.7 Å². The van der Waals surface area contributed by atoms with Crippen LogP contribution in [0.1, 0.15) is 34.0 Å². The van der Waals surface area contributed by atoms with Crippen molar-refractivity contribution in [3.05, 3.63) is 82.3 Å². The number of carbonyl (C=O) groups excluding carboxylic acids is 2. The Hall–Kier alpha value is -4.01. The summed E-state index contributed by atoms with van der Waals surface area (Å²) in [5, 5.41) is 7.72. The van der Waals surface area contributed by atoms with Gasteiger partial charge in [-0.3, -0.25) is 4.79 Å². The molecule has 0 spiro atoms. The topological polar surface area (TPSA) is 113 Å². The Labute approximate surface area is 185 Å². The highest BCUT2D eigenvalue weighted by Gasteiger charge is 2.20. The Morgan fingerprint density at radius 2 is 1.78 bits per heavy atom. The fourth-order valence-corrected chi connectivity index (χ4v) is 2.69.